The van der Waals surface area contributed by atoms with E-state index in [1.807, 2.05) is 31.2 Å². The number of rotatable bonds is 10. The number of carbonyl (C=O) groups is 1. The molecular formula is C20H25NO5. The SMILES string of the molecule is CCOc1ccccc1OCCCC(=O)Nc1cc(OC)cc(OC)c1. The first-order valence-electron chi connectivity index (χ1n) is 8.53. The highest BCUT2D eigenvalue weighted by Gasteiger charge is 2.07. The van der Waals surface area contributed by atoms with Crippen molar-refractivity contribution in [2.24, 2.45) is 0 Å². The molecule has 2 aromatic rings. The third-order valence-corrected chi connectivity index (χ3v) is 3.59. The predicted molar refractivity (Wildman–Crippen MR) is 101 cm³/mol. The van der Waals surface area contributed by atoms with Crippen LogP contribution in [0, 0.1) is 0 Å². The van der Waals surface area contributed by atoms with Gasteiger partial charge in [0.05, 0.1) is 27.4 Å². The highest BCUT2D eigenvalue weighted by atomic mass is 16.5. The number of methoxy groups -OCH3 is 2. The summed E-state index contributed by atoms with van der Waals surface area (Å²) in [5.41, 5.74) is 0.633. The molecule has 2 aromatic carbocycles. The van der Waals surface area contributed by atoms with Crippen molar-refractivity contribution >= 4 is 11.6 Å². The number of hydrogen-bond donors (Lipinski definition) is 1. The van der Waals surface area contributed by atoms with Gasteiger partial charge in [-0.05, 0) is 25.5 Å². The highest BCUT2D eigenvalue weighted by molar-refractivity contribution is 5.91. The normalized spacial score (nSPS) is 10.1. The Morgan fingerprint density at radius 2 is 1.58 bits per heavy atom. The second-order valence-electron chi connectivity index (χ2n) is 5.48. The maximum absolute atomic E-state index is 12.1. The molecule has 0 unspecified atom stereocenters. The lowest BCUT2D eigenvalue weighted by atomic mass is 10.2. The van der Waals surface area contributed by atoms with Gasteiger partial charge in [-0.15, -0.1) is 0 Å². The topological polar surface area (TPSA) is 66.0 Å². The van der Waals surface area contributed by atoms with Crippen molar-refractivity contribution in [3.63, 3.8) is 0 Å². The van der Waals surface area contributed by atoms with Crippen molar-refractivity contribution in [2.45, 2.75) is 19.8 Å². The largest absolute Gasteiger partial charge is 0.497 e. The van der Waals surface area contributed by atoms with E-state index in [-0.39, 0.29) is 5.91 Å². The van der Waals surface area contributed by atoms with E-state index in [0.717, 1.165) is 0 Å². The summed E-state index contributed by atoms with van der Waals surface area (Å²) in [7, 11) is 3.13. The monoisotopic (exact) mass is 359 g/mol. The third kappa shape index (κ3) is 5.88. The average Bonchev–Trinajstić information content (AvgIpc) is 2.66. The van der Waals surface area contributed by atoms with Gasteiger partial charge in [0.25, 0.3) is 0 Å². The van der Waals surface area contributed by atoms with E-state index < -0.39 is 0 Å². The molecule has 140 valence electrons. The standard InChI is InChI=1S/C20H25NO5/c1-4-25-18-8-5-6-9-19(18)26-11-7-10-20(22)21-15-12-16(23-2)14-17(13-15)24-3/h5-6,8-9,12-14H,4,7,10-11H2,1-3H3,(H,21,22). The molecule has 0 atom stereocenters. The number of carbonyl (C=O) groups excluding carboxylic acids is 1. The lowest BCUT2D eigenvalue weighted by molar-refractivity contribution is -0.116. The zero-order chi connectivity index (χ0) is 18.8. The Kier molecular flexibility index (Phi) is 7.61. The summed E-state index contributed by atoms with van der Waals surface area (Å²) in [4.78, 5) is 12.1. The van der Waals surface area contributed by atoms with Crippen molar-refractivity contribution in [3.8, 4) is 23.0 Å². The van der Waals surface area contributed by atoms with Crippen molar-refractivity contribution in [1.29, 1.82) is 0 Å². The molecule has 0 fully saturated rings. The number of ether oxygens (including phenoxy) is 4. The summed E-state index contributed by atoms with van der Waals surface area (Å²) in [6.45, 7) is 2.93. The fourth-order valence-corrected chi connectivity index (χ4v) is 2.36. The van der Waals surface area contributed by atoms with Crippen LogP contribution in [0.5, 0.6) is 23.0 Å². The van der Waals surface area contributed by atoms with E-state index in [2.05, 4.69) is 5.32 Å². The second-order valence-corrected chi connectivity index (χ2v) is 5.48. The zero-order valence-electron chi connectivity index (χ0n) is 15.4. The van der Waals surface area contributed by atoms with Crippen LogP contribution >= 0.6 is 0 Å². The minimum atomic E-state index is -0.0954. The van der Waals surface area contributed by atoms with E-state index in [1.165, 1.54) is 0 Å². The van der Waals surface area contributed by atoms with Crippen LogP contribution in [0.4, 0.5) is 5.69 Å². The zero-order valence-corrected chi connectivity index (χ0v) is 15.4. The van der Waals surface area contributed by atoms with Gasteiger partial charge in [0, 0.05) is 30.3 Å². The van der Waals surface area contributed by atoms with Crippen LogP contribution in [0.2, 0.25) is 0 Å². The van der Waals surface area contributed by atoms with Crippen LogP contribution < -0.4 is 24.3 Å². The number of benzene rings is 2. The maximum Gasteiger partial charge on any atom is 0.224 e. The quantitative estimate of drug-likeness (QED) is 0.652. The maximum atomic E-state index is 12.1. The van der Waals surface area contributed by atoms with Gasteiger partial charge in [0.15, 0.2) is 11.5 Å². The molecule has 0 aliphatic heterocycles. The fraction of sp³-hybridized carbons (Fsp3) is 0.350. The Morgan fingerprint density at radius 3 is 2.15 bits per heavy atom. The van der Waals surface area contributed by atoms with Crippen molar-refractivity contribution in [2.75, 3.05) is 32.8 Å². The van der Waals surface area contributed by atoms with Crippen LogP contribution in [0.1, 0.15) is 19.8 Å². The summed E-state index contributed by atoms with van der Waals surface area (Å²) in [5.74, 6) is 2.54. The van der Waals surface area contributed by atoms with Crippen LogP contribution in [0.3, 0.4) is 0 Å². The lowest BCUT2D eigenvalue weighted by Gasteiger charge is -2.12. The van der Waals surface area contributed by atoms with E-state index >= 15 is 0 Å². The molecule has 0 bridgehead atoms. The molecule has 0 spiro atoms. The van der Waals surface area contributed by atoms with Gasteiger partial charge < -0.3 is 24.3 Å². The first-order valence-corrected chi connectivity index (χ1v) is 8.53. The van der Waals surface area contributed by atoms with E-state index in [0.29, 0.717) is 54.7 Å². The molecule has 26 heavy (non-hydrogen) atoms. The molecule has 0 aromatic heterocycles. The molecule has 0 heterocycles. The van der Waals surface area contributed by atoms with E-state index in [4.69, 9.17) is 18.9 Å². The molecule has 0 radical (unpaired) electrons. The highest BCUT2D eigenvalue weighted by Crippen LogP contribution is 2.27. The van der Waals surface area contributed by atoms with Gasteiger partial charge in [-0.25, -0.2) is 0 Å². The second kappa shape index (κ2) is 10.2. The van der Waals surface area contributed by atoms with E-state index in [1.54, 1.807) is 32.4 Å². The first kappa shape index (κ1) is 19.4. The van der Waals surface area contributed by atoms with E-state index in [9.17, 15) is 4.79 Å². The van der Waals surface area contributed by atoms with Crippen molar-refractivity contribution < 1.29 is 23.7 Å². The number of amides is 1. The number of hydrogen-bond acceptors (Lipinski definition) is 5. The van der Waals surface area contributed by atoms with Gasteiger partial charge in [-0.2, -0.15) is 0 Å². The van der Waals surface area contributed by atoms with Gasteiger partial charge in [-0.3, -0.25) is 4.79 Å². The van der Waals surface area contributed by atoms with Crippen molar-refractivity contribution in [1.82, 2.24) is 0 Å². The summed E-state index contributed by atoms with van der Waals surface area (Å²) in [6, 6.07) is 12.7. The predicted octanol–water partition coefficient (Wildman–Crippen LogP) is 3.90. The number of anilines is 1. The smallest absolute Gasteiger partial charge is 0.224 e. The Morgan fingerprint density at radius 1 is 0.962 bits per heavy atom. The Hall–Kier alpha value is -2.89. The molecule has 1 N–H and O–H groups in total. The summed E-state index contributed by atoms with van der Waals surface area (Å²) < 4.78 is 21.6. The summed E-state index contributed by atoms with van der Waals surface area (Å²) >= 11 is 0. The van der Waals surface area contributed by atoms with Crippen LogP contribution in [-0.2, 0) is 4.79 Å². The Labute approximate surface area is 154 Å². The molecule has 1 amide bonds. The molecule has 6 heteroatoms. The molecular weight excluding hydrogens is 334 g/mol. The van der Waals surface area contributed by atoms with Gasteiger partial charge in [0.1, 0.15) is 11.5 Å². The Balaban J connectivity index is 1.81. The van der Waals surface area contributed by atoms with Gasteiger partial charge >= 0.3 is 0 Å². The van der Waals surface area contributed by atoms with Crippen LogP contribution in [0.25, 0.3) is 0 Å². The first-order chi connectivity index (χ1) is 12.7. The summed E-state index contributed by atoms with van der Waals surface area (Å²) in [6.07, 6.45) is 0.934. The number of nitrogens with one attached hydrogen (secondary N) is 1. The Bertz CT molecular complexity index is 695. The molecule has 0 aliphatic carbocycles. The number of para-hydroxylation sites is 2. The fourth-order valence-electron chi connectivity index (χ4n) is 2.36. The third-order valence-electron chi connectivity index (χ3n) is 3.59. The average molecular weight is 359 g/mol. The molecule has 0 saturated heterocycles. The van der Waals surface area contributed by atoms with Gasteiger partial charge in [-0.1, -0.05) is 12.1 Å². The summed E-state index contributed by atoms with van der Waals surface area (Å²) in [5, 5.41) is 2.84. The lowest BCUT2D eigenvalue weighted by Crippen LogP contribution is -2.13. The molecule has 0 saturated carbocycles. The minimum absolute atomic E-state index is 0.0954. The molecule has 0 aliphatic rings. The minimum Gasteiger partial charge on any atom is -0.497 e. The van der Waals surface area contributed by atoms with Gasteiger partial charge in [0.2, 0.25) is 5.91 Å². The van der Waals surface area contributed by atoms with Crippen LogP contribution in [-0.4, -0.2) is 33.3 Å². The van der Waals surface area contributed by atoms with Crippen LogP contribution in [0.15, 0.2) is 42.5 Å². The molecule has 6 nitrogen and oxygen atoms in total. The van der Waals surface area contributed by atoms with Crippen molar-refractivity contribution in [3.05, 3.63) is 42.5 Å². The molecule has 2 rings (SSSR count).